The van der Waals surface area contributed by atoms with Crippen LogP contribution in [-0.2, 0) is 4.74 Å². The molecule has 9 heteroatoms. The van der Waals surface area contributed by atoms with Crippen LogP contribution in [0, 0.1) is 11.7 Å². The summed E-state index contributed by atoms with van der Waals surface area (Å²) < 4.78 is 25.3. The molecule has 3 aromatic rings. The van der Waals surface area contributed by atoms with E-state index in [1.165, 1.54) is 12.1 Å². The van der Waals surface area contributed by atoms with Crippen LogP contribution in [0.15, 0.2) is 48.7 Å². The van der Waals surface area contributed by atoms with E-state index in [4.69, 9.17) is 38.4 Å². The Kier molecular flexibility index (Phi) is 8.11. The minimum absolute atomic E-state index is 0.0987. The molecule has 184 valence electrons. The fraction of sp³-hybridized carbons (Fsp3) is 0.308. The summed E-state index contributed by atoms with van der Waals surface area (Å²) in [5, 5.41) is 3.19. The summed E-state index contributed by atoms with van der Waals surface area (Å²) >= 11 is 12.3. The van der Waals surface area contributed by atoms with Gasteiger partial charge in [0, 0.05) is 47.7 Å². The summed E-state index contributed by atoms with van der Waals surface area (Å²) in [4.78, 5) is 16.8. The molecule has 1 fully saturated rings. The minimum Gasteiger partial charge on any atom is -0.482 e. The Bertz CT molecular complexity index is 1200. The van der Waals surface area contributed by atoms with E-state index in [0.717, 1.165) is 37.2 Å². The highest BCUT2D eigenvalue weighted by molar-refractivity contribution is 6.36. The Hall–Kier alpha value is -2.87. The van der Waals surface area contributed by atoms with Crippen molar-refractivity contribution in [3.63, 3.8) is 0 Å². The molecule has 1 amide bonds. The molecule has 0 spiro atoms. The topological polar surface area (TPSA) is 86.5 Å². The summed E-state index contributed by atoms with van der Waals surface area (Å²) in [5.41, 5.74) is 8.50. The SMILES string of the molecule is CC(Oc1cc(-c2ccc(C(=O)NCC3CCOCC3)cc2)cnc1N)c1c(Cl)ccc(F)c1Cl. The molecule has 1 atom stereocenters. The van der Waals surface area contributed by atoms with Crippen molar-refractivity contribution in [1.29, 1.82) is 0 Å². The van der Waals surface area contributed by atoms with Crippen LogP contribution in [0.5, 0.6) is 5.75 Å². The van der Waals surface area contributed by atoms with Gasteiger partial charge < -0.3 is 20.5 Å². The van der Waals surface area contributed by atoms with Gasteiger partial charge in [0.25, 0.3) is 5.91 Å². The molecule has 1 saturated heterocycles. The molecule has 1 unspecified atom stereocenters. The van der Waals surface area contributed by atoms with E-state index in [1.54, 1.807) is 31.3 Å². The lowest BCUT2D eigenvalue weighted by Gasteiger charge is -2.22. The third-order valence-electron chi connectivity index (χ3n) is 6.04. The molecule has 1 aromatic heterocycles. The van der Waals surface area contributed by atoms with Crippen molar-refractivity contribution >= 4 is 34.9 Å². The number of halogens is 3. The second-order valence-electron chi connectivity index (χ2n) is 8.47. The molecule has 2 aromatic carbocycles. The summed E-state index contributed by atoms with van der Waals surface area (Å²) in [6.07, 6.45) is 2.87. The number of nitrogens with one attached hydrogen (secondary N) is 1. The maximum Gasteiger partial charge on any atom is 0.251 e. The van der Waals surface area contributed by atoms with Gasteiger partial charge in [0.15, 0.2) is 11.6 Å². The first-order valence-corrected chi connectivity index (χ1v) is 12.1. The summed E-state index contributed by atoms with van der Waals surface area (Å²) in [6, 6.07) is 11.6. The Balaban J connectivity index is 1.46. The number of hydrogen-bond donors (Lipinski definition) is 2. The zero-order valence-corrected chi connectivity index (χ0v) is 20.7. The van der Waals surface area contributed by atoms with Crippen LogP contribution in [-0.4, -0.2) is 30.6 Å². The second-order valence-corrected chi connectivity index (χ2v) is 9.25. The largest absolute Gasteiger partial charge is 0.482 e. The summed E-state index contributed by atoms with van der Waals surface area (Å²) in [5.74, 6) is 0.238. The van der Waals surface area contributed by atoms with E-state index in [0.29, 0.717) is 29.3 Å². The number of pyridine rings is 1. The van der Waals surface area contributed by atoms with Crippen LogP contribution in [0.2, 0.25) is 10.0 Å². The molecule has 2 heterocycles. The van der Waals surface area contributed by atoms with Crippen molar-refractivity contribution in [3.05, 3.63) is 75.7 Å². The predicted octanol–water partition coefficient (Wildman–Crippen LogP) is 6.07. The number of amides is 1. The third kappa shape index (κ3) is 6.04. The number of ether oxygens (including phenoxy) is 2. The number of carbonyl (C=O) groups excluding carboxylic acids is 1. The first-order chi connectivity index (χ1) is 16.8. The van der Waals surface area contributed by atoms with Gasteiger partial charge in [0.05, 0.1) is 5.02 Å². The number of benzene rings is 2. The van der Waals surface area contributed by atoms with Gasteiger partial charge in [0.2, 0.25) is 0 Å². The number of carbonyl (C=O) groups is 1. The average molecular weight is 518 g/mol. The molecule has 0 saturated carbocycles. The van der Waals surface area contributed by atoms with Crippen LogP contribution >= 0.6 is 23.2 Å². The zero-order chi connectivity index (χ0) is 24.9. The summed E-state index contributed by atoms with van der Waals surface area (Å²) in [7, 11) is 0. The highest BCUT2D eigenvalue weighted by atomic mass is 35.5. The number of nitrogens with zero attached hydrogens (tertiary/aromatic N) is 1. The van der Waals surface area contributed by atoms with Crippen molar-refractivity contribution in [1.82, 2.24) is 10.3 Å². The number of nitrogen functional groups attached to an aromatic ring is 1. The van der Waals surface area contributed by atoms with Gasteiger partial charge in [-0.1, -0.05) is 35.3 Å². The Labute approximate surface area is 213 Å². The number of rotatable bonds is 7. The van der Waals surface area contributed by atoms with Crippen molar-refractivity contribution < 1.29 is 18.7 Å². The molecule has 4 rings (SSSR count). The normalized spacial score (nSPS) is 15.0. The smallest absolute Gasteiger partial charge is 0.251 e. The molecule has 0 radical (unpaired) electrons. The van der Waals surface area contributed by atoms with Gasteiger partial charge in [-0.25, -0.2) is 9.37 Å². The van der Waals surface area contributed by atoms with Gasteiger partial charge in [0.1, 0.15) is 11.9 Å². The van der Waals surface area contributed by atoms with E-state index in [2.05, 4.69) is 10.3 Å². The molecule has 0 aliphatic carbocycles. The molecule has 6 nitrogen and oxygen atoms in total. The van der Waals surface area contributed by atoms with Crippen molar-refractivity contribution in [2.45, 2.75) is 25.9 Å². The number of anilines is 1. The average Bonchev–Trinajstić information content (AvgIpc) is 2.87. The van der Waals surface area contributed by atoms with Crippen molar-refractivity contribution in [3.8, 4) is 16.9 Å². The molecule has 0 bridgehead atoms. The quantitative estimate of drug-likeness (QED) is 0.371. The van der Waals surface area contributed by atoms with Gasteiger partial charge in [-0.05, 0) is 61.6 Å². The van der Waals surface area contributed by atoms with E-state index in [1.807, 2.05) is 12.1 Å². The second kappa shape index (κ2) is 11.2. The lowest BCUT2D eigenvalue weighted by molar-refractivity contribution is 0.0642. The molecule has 3 N–H and O–H groups in total. The highest BCUT2D eigenvalue weighted by Gasteiger charge is 2.20. The fourth-order valence-corrected chi connectivity index (χ4v) is 4.65. The lowest BCUT2D eigenvalue weighted by Crippen LogP contribution is -2.32. The monoisotopic (exact) mass is 517 g/mol. The molecular weight excluding hydrogens is 492 g/mol. The maximum absolute atomic E-state index is 13.9. The minimum atomic E-state index is -0.674. The lowest BCUT2D eigenvalue weighted by atomic mass is 10.00. The molecular formula is C26H26Cl2FN3O3. The van der Waals surface area contributed by atoms with Crippen LogP contribution in [0.1, 0.15) is 41.8 Å². The Morgan fingerprint density at radius 3 is 2.63 bits per heavy atom. The standard InChI is InChI=1S/C26H26Cl2FN3O3/c1-15(23-20(27)6-7-21(29)24(23)28)35-22-12-19(14-31-25(22)30)17-2-4-18(5-3-17)26(33)32-13-16-8-10-34-11-9-16/h2-7,12,14-16H,8-11,13H2,1H3,(H2,30,31)(H,32,33). The molecule has 1 aliphatic rings. The number of nitrogens with two attached hydrogens (primary N) is 1. The van der Waals surface area contributed by atoms with Crippen LogP contribution < -0.4 is 15.8 Å². The fourth-order valence-electron chi connectivity index (χ4n) is 3.98. The van der Waals surface area contributed by atoms with E-state index < -0.39 is 11.9 Å². The number of hydrogen-bond acceptors (Lipinski definition) is 5. The number of aromatic nitrogens is 1. The Morgan fingerprint density at radius 1 is 1.20 bits per heavy atom. The highest BCUT2D eigenvalue weighted by Crippen LogP contribution is 2.37. The first kappa shape index (κ1) is 25.2. The van der Waals surface area contributed by atoms with Crippen LogP contribution in [0.4, 0.5) is 10.2 Å². The summed E-state index contributed by atoms with van der Waals surface area (Å²) in [6.45, 7) is 3.84. The van der Waals surface area contributed by atoms with Gasteiger partial charge in [-0.15, -0.1) is 0 Å². The van der Waals surface area contributed by atoms with Crippen molar-refractivity contribution in [2.24, 2.45) is 5.92 Å². The predicted molar refractivity (Wildman–Crippen MR) is 135 cm³/mol. The van der Waals surface area contributed by atoms with E-state index in [9.17, 15) is 9.18 Å². The van der Waals surface area contributed by atoms with Gasteiger partial charge in [-0.3, -0.25) is 4.79 Å². The van der Waals surface area contributed by atoms with E-state index in [-0.39, 0.29) is 21.8 Å². The third-order valence-corrected chi connectivity index (χ3v) is 6.76. The Morgan fingerprint density at radius 2 is 1.91 bits per heavy atom. The van der Waals surface area contributed by atoms with Crippen LogP contribution in [0.3, 0.4) is 0 Å². The van der Waals surface area contributed by atoms with Gasteiger partial charge in [-0.2, -0.15) is 0 Å². The molecule has 35 heavy (non-hydrogen) atoms. The van der Waals surface area contributed by atoms with Crippen molar-refractivity contribution in [2.75, 3.05) is 25.5 Å². The van der Waals surface area contributed by atoms with Crippen LogP contribution in [0.25, 0.3) is 11.1 Å². The van der Waals surface area contributed by atoms with Gasteiger partial charge >= 0.3 is 0 Å². The molecule has 1 aliphatic heterocycles. The first-order valence-electron chi connectivity index (χ1n) is 11.4. The maximum atomic E-state index is 13.9. The van der Waals surface area contributed by atoms with E-state index >= 15 is 0 Å². The zero-order valence-electron chi connectivity index (χ0n) is 19.2.